The average Bonchev–Trinajstić information content (AvgIpc) is 2.51. The Kier molecular flexibility index (Phi) is 9.60. The van der Waals surface area contributed by atoms with E-state index in [1.54, 1.807) is 0 Å². The molecule has 0 amide bonds. The second-order valence-electron chi connectivity index (χ2n) is 5.72. The molecule has 0 spiro atoms. The molecule has 0 unspecified atom stereocenters. The number of carbonyl (C=O) groups is 1. The Labute approximate surface area is 129 Å². The molecule has 2 heteroatoms. The second kappa shape index (κ2) is 11.4. The van der Waals surface area contributed by atoms with E-state index in [1.165, 1.54) is 63.2 Å². The number of unbranched alkanes of at least 4 members (excludes halogenated alkanes) is 5. The van der Waals surface area contributed by atoms with E-state index in [9.17, 15) is 4.79 Å². The number of carbonyl (C=O) groups excluding carboxylic acids is 1. The van der Waals surface area contributed by atoms with Gasteiger partial charge in [0.2, 0.25) is 0 Å². The van der Waals surface area contributed by atoms with Gasteiger partial charge in [0.05, 0.1) is 7.11 Å². The van der Waals surface area contributed by atoms with Crippen molar-refractivity contribution in [2.75, 3.05) is 7.11 Å². The lowest BCUT2D eigenvalue weighted by molar-refractivity contribution is -0.140. The van der Waals surface area contributed by atoms with Crippen molar-refractivity contribution in [3.05, 3.63) is 35.4 Å². The first-order valence-electron chi connectivity index (χ1n) is 8.41. The molecule has 0 fully saturated rings. The Morgan fingerprint density at radius 2 is 1.48 bits per heavy atom. The van der Waals surface area contributed by atoms with Gasteiger partial charge in [-0.15, -0.1) is 0 Å². The van der Waals surface area contributed by atoms with Gasteiger partial charge >= 0.3 is 5.97 Å². The van der Waals surface area contributed by atoms with Crippen molar-refractivity contribution in [2.24, 2.45) is 0 Å². The molecule has 21 heavy (non-hydrogen) atoms. The summed E-state index contributed by atoms with van der Waals surface area (Å²) in [6.45, 7) is 2.24. The molecular formula is C19H30O2. The van der Waals surface area contributed by atoms with Crippen LogP contribution >= 0.6 is 0 Å². The van der Waals surface area contributed by atoms with Crippen LogP contribution in [0.15, 0.2) is 24.3 Å². The first kappa shape index (κ1) is 17.7. The average molecular weight is 290 g/mol. The predicted molar refractivity (Wildman–Crippen MR) is 88.5 cm³/mol. The number of rotatable bonds is 11. The monoisotopic (exact) mass is 290 g/mol. The maximum atomic E-state index is 11.0. The van der Waals surface area contributed by atoms with Gasteiger partial charge in [0.1, 0.15) is 0 Å². The third-order valence-electron chi connectivity index (χ3n) is 3.94. The summed E-state index contributed by atoms with van der Waals surface area (Å²) in [7, 11) is 1.46. The van der Waals surface area contributed by atoms with Gasteiger partial charge < -0.3 is 4.74 Å². The number of hydrogen-bond donors (Lipinski definition) is 0. The van der Waals surface area contributed by atoms with E-state index in [-0.39, 0.29) is 5.97 Å². The fourth-order valence-corrected chi connectivity index (χ4v) is 2.71. The van der Waals surface area contributed by atoms with E-state index in [0.29, 0.717) is 6.42 Å². The van der Waals surface area contributed by atoms with Gasteiger partial charge in [-0.05, 0) is 36.8 Å². The SMILES string of the molecule is CCCc1ccccc1CCCCCCCCC(=O)OC. The number of esters is 1. The van der Waals surface area contributed by atoms with Gasteiger partial charge in [-0.1, -0.05) is 63.3 Å². The van der Waals surface area contributed by atoms with Gasteiger partial charge in [-0.25, -0.2) is 0 Å². The molecule has 0 heterocycles. The van der Waals surface area contributed by atoms with Crippen molar-refractivity contribution in [3.63, 3.8) is 0 Å². The van der Waals surface area contributed by atoms with Crippen LogP contribution in [0.3, 0.4) is 0 Å². The summed E-state index contributed by atoms with van der Waals surface area (Å²) in [6.07, 6.45) is 11.4. The molecule has 118 valence electrons. The number of benzene rings is 1. The van der Waals surface area contributed by atoms with Gasteiger partial charge in [0.15, 0.2) is 0 Å². The highest BCUT2D eigenvalue weighted by molar-refractivity contribution is 5.68. The Morgan fingerprint density at radius 1 is 0.905 bits per heavy atom. The van der Waals surface area contributed by atoms with E-state index in [0.717, 1.165) is 12.8 Å². The van der Waals surface area contributed by atoms with Crippen LogP contribution in [-0.4, -0.2) is 13.1 Å². The topological polar surface area (TPSA) is 26.3 Å². The molecule has 0 radical (unpaired) electrons. The Bertz CT molecular complexity index is 398. The summed E-state index contributed by atoms with van der Waals surface area (Å²) < 4.78 is 4.64. The van der Waals surface area contributed by atoms with Crippen LogP contribution in [0.25, 0.3) is 0 Å². The number of methoxy groups -OCH3 is 1. The molecule has 2 nitrogen and oxygen atoms in total. The minimum atomic E-state index is -0.0810. The van der Waals surface area contributed by atoms with Crippen LogP contribution in [-0.2, 0) is 22.4 Å². The minimum Gasteiger partial charge on any atom is -0.469 e. The van der Waals surface area contributed by atoms with Crippen LogP contribution < -0.4 is 0 Å². The lowest BCUT2D eigenvalue weighted by atomic mass is 9.98. The lowest BCUT2D eigenvalue weighted by Crippen LogP contribution is -1.99. The van der Waals surface area contributed by atoms with Crippen molar-refractivity contribution in [1.82, 2.24) is 0 Å². The third kappa shape index (κ3) is 7.89. The fraction of sp³-hybridized carbons (Fsp3) is 0.632. The quantitative estimate of drug-likeness (QED) is 0.419. The van der Waals surface area contributed by atoms with Crippen molar-refractivity contribution in [3.8, 4) is 0 Å². The molecule has 0 aliphatic rings. The first-order valence-corrected chi connectivity index (χ1v) is 8.41. The predicted octanol–water partition coefficient (Wildman–Crippen LogP) is 5.09. The molecule has 1 aromatic rings. The minimum absolute atomic E-state index is 0.0810. The summed E-state index contributed by atoms with van der Waals surface area (Å²) in [4.78, 5) is 11.0. The highest BCUT2D eigenvalue weighted by atomic mass is 16.5. The number of ether oxygens (including phenoxy) is 1. The maximum Gasteiger partial charge on any atom is 0.305 e. The van der Waals surface area contributed by atoms with E-state index >= 15 is 0 Å². The zero-order valence-electron chi connectivity index (χ0n) is 13.7. The summed E-state index contributed by atoms with van der Waals surface area (Å²) in [6, 6.07) is 8.85. The van der Waals surface area contributed by atoms with E-state index < -0.39 is 0 Å². The Hall–Kier alpha value is -1.31. The molecule has 0 aliphatic carbocycles. The number of hydrogen-bond acceptors (Lipinski definition) is 2. The number of aryl methyl sites for hydroxylation is 2. The standard InChI is InChI=1S/C19H30O2/c1-3-12-17-14-10-11-15-18(17)13-8-6-4-5-7-9-16-19(20)21-2/h10-11,14-15H,3-9,12-13,16H2,1-2H3. The Morgan fingerprint density at radius 3 is 2.10 bits per heavy atom. The molecule has 0 N–H and O–H groups in total. The molecule has 1 rings (SSSR count). The highest BCUT2D eigenvalue weighted by Crippen LogP contribution is 2.15. The van der Waals surface area contributed by atoms with E-state index in [4.69, 9.17) is 0 Å². The first-order chi connectivity index (χ1) is 10.3. The van der Waals surface area contributed by atoms with Crippen LogP contribution in [0.4, 0.5) is 0 Å². The van der Waals surface area contributed by atoms with E-state index in [2.05, 4.69) is 35.9 Å². The van der Waals surface area contributed by atoms with Crippen LogP contribution in [0, 0.1) is 0 Å². The van der Waals surface area contributed by atoms with Gasteiger partial charge in [0, 0.05) is 6.42 Å². The summed E-state index contributed by atoms with van der Waals surface area (Å²) >= 11 is 0. The van der Waals surface area contributed by atoms with Crippen molar-refractivity contribution >= 4 is 5.97 Å². The molecule has 1 aromatic carbocycles. The van der Waals surface area contributed by atoms with Crippen LogP contribution in [0.5, 0.6) is 0 Å². The summed E-state index contributed by atoms with van der Waals surface area (Å²) in [5, 5.41) is 0. The lowest BCUT2D eigenvalue weighted by Gasteiger charge is -2.08. The molecular weight excluding hydrogens is 260 g/mol. The molecule has 0 saturated heterocycles. The molecule has 0 saturated carbocycles. The molecule has 0 atom stereocenters. The van der Waals surface area contributed by atoms with Gasteiger partial charge in [-0.3, -0.25) is 4.79 Å². The zero-order valence-corrected chi connectivity index (χ0v) is 13.7. The largest absolute Gasteiger partial charge is 0.469 e. The summed E-state index contributed by atoms with van der Waals surface area (Å²) in [5.41, 5.74) is 3.06. The third-order valence-corrected chi connectivity index (χ3v) is 3.94. The summed E-state index contributed by atoms with van der Waals surface area (Å²) in [5.74, 6) is -0.0810. The smallest absolute Gasteiger partial charge is 0.305 e. The molecule has 0 aliphatic heterocycles. The van der Waals surface area contributed by atoms with Crippen LogP contribution in [0.2, 0.25) is 0 Å². The second-order valence-corrected chi connectivity index (χ2v) is 5.72. The normalized spacial score (nSPS) is 10.6. The van der Waals surface area contributed by atoms with Crippen molar-refractivity contribution < 1.29 is 9.53 Å². The van der Waals surface area contributed by atoms with Crippen molar-refractivity contribution in [1.29, 1.82) is 0 Å². The maximum absolute atomic E-state index is 11.0. The van der Waals surface area contributed by atoms with Gasteiger partial charge in [-0.2, -0.15) is 0 Å². The van der Waals surface area contributed by atoms with Crippen LogP contribution in [0.1, 0.15) is 69.4 Å². The van der Waals surface area contributed by atoms with Gasteiger partial charge in [0.25, 0.3) is 0 Å². The van der Waals surface area contributed by atoms with E-state index in [1.807, 2.05) is 0 Å². The zero-order chi connectivity index (χ0) is 15.3. The highest BCUT2D eigenvalue weighted by Gasteiger charge is 2.01. The Balaban J connectivity index is 2.08. The van der Waals surface area contributed by atoms with Crippen molar-refractivity contribution in [2.45, 2.75) is 71.1 Å². The molecule has 0 bridgehead atoms. The molecule has 0 aromatic heterocycles. The fourth-order valence-electron chi connectivity index (χ4n) is 2.71.